The van der Waals surface area contributed by atoms with Gasteiger partial charge in [0.1, 0.15) is 12.6 Å². The van der Waals surface area contributed by atoms with E-state index in [0.717, 1.165) is 19.6 Å². The summed E-state index contributed by atoms with van der Waals surface area (Å²) in [4.78, 5) is 42.1. The minimum atomic E-state index is -0.753. The van der Waals surface area contributed by atoms with Crippen LogP contribution in [0.2, 0.25) is 0 Å². The molecule has 0 unspecified atom stereocenters. The summed E-state index contributed by atoms with van der Waals surface area (Å²) >= 11 is 0. The lowest BCUT2D eigenvalue weighted by Crippen LogP contribution is -2.49. The SMILES string of the molecule is CC(C)C[C@H](NC(=O)c1cccc(NC(=O)N2CCN(Cc3ccccc3)CC2)c1)C(=O)NCC#N. The molecule has 2 aromatic carbocycles. The average Bonchev–Trinajstić information content (AvgIpc) is 2.87. The second-order valence-electron chi connectivity index (χ2n) is 9.29. The van der Waals surface area contributed by atoms with Crippen molar-refractivity contribution in [1.29, 1.82) is 5.26 Å². The zero-order valence-electron chi connectivity index (χ0n) is 20.9. The first-order valence-electron chi connectivity index (χ1n) is 12.2. The molecule has 36 heavy (non-hydrogen) atoms. The number of urea groups is 1. The maximum absolute atomic E-state index is 12.9. The number of carbonyl (C=O) groups excluding carboxylic acids is 3. The fourth-order valence-corrected chi connectivity index (χ4v) is 4.09. The molecule has 0 spiro atoms. The number of nitriles is 1. The van der Waals surface area contributed by atoms with Crippen LogP contribution in [0.15, 0.2) is 54.6 Å². The van der Waals surface area contributed by atoms with Crippen molar-refractivity contribution in [2.75, 3.05) is 38.0 Å². The van der Waals surface area contributed by atoms with E-state index < -0.39 is 17.9 Å². The van der Waals surface area contributed by atoms with Crippen LogP contribution < -0.4 is 16.0 Å². The lowest BCUT2D eigenvalue weighted by atomic mass is 10.0. The summed E-state index contributed by atoms with van der Waals surface area (Å²) in [5.41, 5.74) is 2.10. The van der Waals surface area contributed by atoms with Gasteiger partial charge in [0.25, 0.3) is 5.91 Å². The first kappa shape index (κ1) is 26.7. The minimum Gasteiger partial charge on any atom is -0.341 e. The Balaban J connectivity index is 1.54. The van der Waals surface area contributed by atoms with Gasteiger partial charge in [-0.15, -0.1) is 0 Å². The van der Waals surface area contributed by atoms with Gasteiger partial charge in [0.05, 0.1) is 6.07 Å². The first-order chi connectivity index (χ1) is 17.4. The molecule has 1 heterocycles. The Labute approximate surface area is 212 Å². The van der Waals surface area contributed by atoms with E-state index in [0.29, 0.717) is 30.8 Å². The standard InChI is InChI=1S/C27H34N6O3/c1-20(2)17-24(26(35)29-12-11-28)31-25(34)22-9-6-10-23(18-22)30-27(36)33-15-13-32(14-16-33)19-21-7-4-3-5-8-21/h3-10,18,20,24H,12-17,19H2,1-2H3,(H,29,35)(H,30,36)(H,31,34)/t24-/m0/s1. The van der Waals surface area contributed by atoms with Crippen molar-refractivity contribution in [3.8, 4) is 6.07 Å². The predicted molar refractivity (Wildman–Crippen MR) is 138 cm³/mol. The van der Waals surface area contributed by atoms with Crippen LogP contribution in [0.5, 0.6) is 0 Å². The van der Waals surface area contributed by atoms with Crippen LogP contribution in [0.1, 0.15) is 36.2 Å². The zero-order chi connectivity index (χ0) is 25.9. The summed E-state index contributed by atoms with van der Waals surface area (Å²) < 4.78 is 0. The highest BCUT2D eigenvalue weighted by Gasteiger charge is 2.24. The Morgan fingerprint density at radius 3 is 2.39 bits per heavy atom. The molecule has 1 atom stereocenters. The highest BCUT2D eigenvalue weighted by atomic mass is 16.2. The van der Waals surface area contributed by atoms with Crippen molar-refractivity contribution in [3.63, 3.8) is 0 Å². The van der Waals surface area contributed by atoms with Gasteiger partial charge >= 0.3 is 6.03 Å². The molecule has 1 aliphatic heterocycles. The summed E-state index contributed by atoms with van der Waals surface area (Å²) in [6.07, 6.45) is 0.440. The Morgan fingerprint density at radius 2 is 1.72 bits per heavy atom. The largest absolute Gasteiger partial charge is 0.341 e. The van der Waals surface area contributed by atoms with Gasteiger partial charge in [0.15, 0.2) is 0 Å². The molecule has 0 saturated carbocycles. The smallest absolute Gasteiger partial charge is 0.321 e. The fraction of sp³-hybridized carbons (Fsp3) is 0.407. The van der Waals surface area contributed by atoms with Crippen LogP contribution >= 0.6 is 0 Å². The molecule has 1 saturated heterocycles. The number of anilines is 1. The Bertz CT molecular complexity index is 1070. The van der Waals surface area contributed by atoms with Gasteiger partial charge < -0.3 is 20.9 Å². The Kier molecular flexibility index (Phi) is 9.83. The van der Waals surface area contributed by atoms with Crippen molar-refractivity contribution in [3.05, 3.63) is 65.7 Å². The van der Waals surface area contributed by atoms with Gasteiger partial charge in [-0.25, -0.2) is 4.79 Å². The summed E-state index contributed by atoms with van der Waals surface area (Å²) in [5.74, 6) is -0.644. The van der Waals surface area contributed by atoms with E-state index >= 15 is 0 Å². The van der Waals surface area contributed by atoms with Crippen molar-refractivity contribution < 1.29 is 14.4 Å². The van der Waals surface area contributed by atoms with Crippen LogP contribution in [0.3, 0.4) is 0 Å². The van der Waals surface area contributed by atoms with Gasteiger partial charge in [0.2, 0.25) is 5.91 Å². The lowest BCUT2D eigenvalue weighted by Gasteiger charge is -2.34. The molecule has 0 bridgehead atoms. The van der Waals surface area contributed by atoms with E-state index in [2.05, 4.69) is 33.0 Å². The average molecular weight is 491 g/mol. The van der Waals surface area contributed by atoms with E-state index in [-0.39, 0.29) is 18.5 Å². The summed E-state index contributed by atoms with van der Waals surface area (Å²) in [6, 6.07) is 17.8. The number of amides is 4. The quantitative estimate of drug-likeness (QED) is 0.467. The molecule has 190 valence electrons. The highest BCUT2D eigenvalue weighted by Crippen LogP contribution is 2.15. The third-order valence-electron chi connectivity index (χ3n) is 5.96. The van der Waals surface area contributed by atoms with Crippen LogP contribution in [0, 0.1) is 17.2 Å². The number of nitrogens with one attached hydrogen (secondary N) is 3. The normalized spacial score (nSPS) is 14.6. The topological polar surface area (TPSA) is 118 Å². The first-order valence-corrected chi connectivity index (χ1v) is 12.2. The van der Waals surface area contributed by atoms with Crippen LogP contribution in [0.4, 0.5) is 10.5 Å². The molecule has 3 N–H and O–H groups in total. The van der Waals surface area contributed by atoms with Gasteiger partial charge in [-0.1, -0.05) is 50.2 Å². The number of hydrogen-bond acceptors (Lipinski definition) is 5. The van der Waals surface area contributed by atoms with Gasteiger partial charge in [-0.05, 0) is 36.1 Å². The van der Waals surface area contributed by atoms with Crippen molar-refractivity contribution >= 4 is 23.5 Å². The number of hydrogen-bond donors (Lipinski definition) is 3. The fourth-order valence-electron chi connectivity index (χ4n) is 4.09. The molecule has 2 aromatic rings. The van der Waals surface area contributed by atoms with Crippen LogP contribution in [-0.2, 0) is 11.3 Å². The number of nitrogens with zero attached hydrogens (tertiary/aromatic N) is 3. The minimum absolute atomic E-state index is 0.120. The number of piperazine rings is 1. The Hall–Kier alpha value is -3.90. The van der Waals surface area contributed by atoms with Crippen molar-refractivity contribution in [2.45, 2.75) is 32.9 Å². The van der Waals surface area contributed by atoms with Crippen molar-refractivity contribution in [2.24, 2.45) is 5.92 Å². The second kappa shape index (κ2) is 13.3. The molecule has 1 aliphatic rings. The Morgan fingerprint density at radius 1 is 1.00 bits per heavy atom. The summed E-state index contributed by atoms with van der Waals surface area (Å²) in [5, 5.41) is 16.9. The van der Waals surface area contributed by atoms with E-state index in [9.17, 15) is 14.4 Å². The molecule has 0 aliphatic carbocycles. The molecule has 0 aromatic heterocycles. The van der Waals surface area contributed by atoms with Gasteiger partial charge in [-0.3, -0.25) is 14.5 Å². The third kappa shape index (κ3) is 8.10. The molecule has 1 fully saturated rings. The second-order valence-corrected chi connectivity index (χ2v) is 9.29. The molecule has 9 nitrogen and oxygen atoms in total. The molecular weight excluding hydrogens is 456 g/mol. The lowest BCUT2D eigenvalue weighted by molar-refractivity contribution is -0.123. The molecule has 3 rings (SSSR count). The van der Waals surface area contributed by atoms with Gasteiger partial charge in [0, 0.05) is 44.0 Å². The highest BCUT2D eigenvalue weighted by molar-refractivity contribution is 5.99. The van der Waals surface area contributed by atoms with Crippen molar-refractivity contribution in [1.82, 2.24) is 20.4 Å². The monoisotopic (exact) mass is 490 g/mol. The van der Waals surface area contributed by atoms with E-state index in [1.54, 1.807) is 29.2 Å². The molecule has 0 radical (unpaired) electrons. The number of carbonyl (C=O) groups is 3. The maximum atomic E-state index is 12.9. The van der Waals surface area contributed by atoms with Crippen LogP contribution in [0.25, 0.3) is 0 Å². The van der Waals surface area contributed by atoms with Crippen LogP contribution in [-0.4, -0.2) is 66.4 Å². The summed E-state index contributed by atoms with van der Waals surface area (Å²) in [7, 11) is 0. The molecular formula is C27H34N6O3. The third-order valence-corrected chi connectivity index (χ3v) is 5.96. The predicted octanol–water partition coefficient (Wildman–Crippen LogP) is 2.82. The van der Waals surface area contributed by atoms with Gasteiger partial charge in [-0.2, -0.15) is 5.26 Å². The van der Waals surface area contributed by atoms with E-state index in [1.807, 2.05) is 38.1 Å². The molecule has 4 amide bonds. The molecule has 9 heteroatoms. The van der Waals surface area contributed by atoms with E-state index in [1.165, 1.54) is 5.56 Å². The maximum Gasteiger partial charge on any atom is 0.321 e. The number of rotatable bonds is 9. The number of benzene rings is 2. The zero-order valence-corrected chi connectivity index (χ0v) is 20.9. The van der Waals surface area contributed by atoms with E-state index in [4.69, 9.17) is 5.26 Å². The summed E-state index contributed by atoms with van der Waals surface area (Å²) in [6.45, 7) is 7.46.